The summed E-state index contributed by atoms with van der Waals surface area (Å²) in [6, 6.07) is 14.0. The van der Waals surface area contributed by atoms with E-state index in [1.165, 1.54) is 0 Å². The molecule has 5 nitrogen and oxygen atoms in total. The lowest BCUT2D eigenvalue weighted by Crippen LogP contribution is -2.57. The molecule has 2 amide bonds. The van der Waals surface area contributed by atoms with Gasteiger partial charge in [-0.25, -0.2) is 0 Å². The van der Waals surface area contributed by atoms with E-state index in [2.05, 4.69) is 15.9 Å². The van der Waals surface area contributed by atoms with Gasteiger partial charge >= 0.3 is 0 Å². The van der Waals surface area contributed by atoms with Gasteiger partial charge in [-0.15, -0.1) is 0 Å². The third-order valence-corrected chi connectivity index (χ3v) is 4.87. The van der Waals surface area contributed by atoms with Crippen LogP contribution in [0.15, 0.2) is 53.0 Å². The number of amides is 2. The van der Waals surface area contributed by atoms with E-state index in [9.17, 15) is 9.59 Å². The standard InChI is InChI=1S/C19H19BrN2O3/c1-13-18(23)22(16-5-3-4-15(20)12-16)11-10-21(13)19(24)14-6-8-17(25-2)9-7-14/h3-9,12-13H,10-11H2,1-2H3/t13-/m0/s1. The number of rotatable bonds is 3. The number of piperazine rings is 1. The van der Waals surface area contributed by atoms with Gasteiger partial charge in [0.25, 0.3) is 5.91 Å². The van der Waals surface area contributed by atoms with Crippen molar-refractivity contribution >= 4 is 33.4 Å². The van der Waals surface area contributed by atoms with Gasteiger partial charge in [0.05, 0.1) is 7.11 Å². The van der Waals surface area contributed by atoms with Crippen LogP contribution in [0.25, 0.3) is 0 Å². The minimum Gasteiger partial charge on any atom is -0.497 e. The van der Waals surface area contributed by atoms with Gasteiger partial charge in [0, 0.05) is 28.8 Å². The molecule has 0 aromatic heterocycles. The van der Waals surface area contributed by atoms with Crippen LogP contribution < -0.4 is 9.64 Å². The number of halogens is 1. The van der Waals surface area contributed by atoms with E-state index in [1.54, 1.807) is 48.1 Å². The van der Waals surface area contributed by atoms with Crippen molar-refractivity contribution in [1.29, 1.82) is 0 Å². The number of benzene rings is 2. The van der Waals surface area contributed by atoms with Gasteiger partial charge in [-0.05, 0) is 49.4 Å². The number of carbonyl (C=O) groups excluding carboxylic acids is 2. The van der Waals surface area contributed by atoms with E-state index in [0.717, 1.165) is 10.2 Å². The number of hydrogen-bond donors (Lipinski definition) is 0. The van der Waals surface area contributed by atoms with Crippen LogP contribution in [0.5, 0.6) is 5.75 Å². The Morgan fingerprint density at radius 3 is 2.52 bits per heavy atom. The van der Waals surface area contributed by atoms with Crippen LogP contribution in [0.4, 0.5) is 5.69 Å². The number of anilines is 1. The molecule has 3 rings (SSSR count). The van der Waals surface area contributed by atoms with Gasteiger partial charge in [0.15, 0.2) is 0 Å². The number of ether oxygens (including phenoxy) is 1. The molecular formula is C19H19BrN2O3. The monoisotopic (exact) mass is 402 g/mol. The zero-order valence-electron chi connectivity index (χ0n) is 14.1. The Morgan fingerprint density at radius 1 is 1.16 bits per heavy atom. The molecule has 0 saturated carbocycles. The SMILES string of the molecule is COc1ccc(C(=O)N2CCN(c3cccc(Br)c3)C(=O)[C@@H]2C)cc1. The van der Waals surface area contributed by atoms with Crippen molar-refractivity contribution in [2.45, 2.75) is 13.0 Å². The topological polar surface area (TPSA) is 49.9 Å². The fraction of sp³-hybridized carbons (Fsp3) is 0.263. The van der Waals surface area contributed by atoms with Crippen molar-refractivity contribution < 1.29 is 14.3 Å². The summed E-state index contributed by atoms with van der Waals surface area (Å²) in [6.45, 7) is 2.74. The highest BCUT2D eigenvalue weighted by molar-refractivity contribution is 9.10. The molecule has 1 saturated heterocycles. The minimum atomic E-state index is -0.512. The smallest absolute Gasteiger partial charge is 0.254 e. The first kappa shape index (κ1) is 17.5. The third kappa shape index (κ3) is 3.54. The maximum atomic E-state index is 12.8. The second-order valence-corrected chi connectivity index (χ2v) is 6.79. The summed E-state index contributed by atoms with van der Waals surface area (Å²) >= 11 is 3.43. The molecule has 130 valence electrons. The first-order valence-electron chi connectivity index (χ1n) is 8.03. The molecule has 6 heteroatoms. The van der Waals surface area contributed by atoms with Crippen molar-refractivity contribution in [3.05, 3.63) is 58.6 Å². The van der Waals surface area contributed by atoms with Crippen LogP contribution in [0.2, 0.25) is 0 Å². The Bertz CT molecular complexity index is 792. The lowest BCUT2D eigenvalue weighted by Gasteiger charge is -2.39. The summed E-state index contributed by atoms with van der Waals surface area (Å²) in [5, 5.41) is 0. The quantitative estimate of drug-likeness (QED) is 0.790. The predicted molar refractivity (Wildman–Crippen MR) is 100.0 cm³/mol. The Balaban J connectivity index is 1.77. The largest absolute Gasteiger partial charge is 0.497 e. The van der Waals surface area contributed by atoms with Gasteiger partial charge in [-0.2, -0.15) is 0 Å². The minimum absolute atomic E-state index is 0.0776. The highest BCUT2D eigenvalue weighted by Gasteiger charge is 2.35. The zero-order chi connectivity index (χ0) is 18.0. The first-order chi connectivity index (χ1) is 12.0. The Hall–Kier alpha value is -2.34. The van der Waals surface area contributed by atoms with E-state index in [4.69, 9.17) is 4.74 Å². The van der Waals surface area contributed by atoms with Gasteiger partial charge in [-0.1, -0.05) is 22.0 Å². The number of carbonyl (C=O) groups is 2. The van der Waals surface area contributed by atoms with Gasteiger partial charge in [-0.3, -0.25) is 9.59 Å². The average molecular weight is 403 g/mol. The molecule has 25 heavy (non-hydrogen) atoms. The maximum Gasteiger partial charge on any atom is 0.254 e. The number of methoxy groups -OCH3 is 1. The Morgan fingerprint density at radius 2 is 1.88 bits per heavy atom. The van der Waals surface area contributed by atoms with Crippen molar-refractivity contribution in [3.8, 4) is 5.75 Å². The van der Waals surface area contributed by atoms with E-state index in [0.29, 0.717) is 24.4 Å². The summed E-state index contributed by atoms with van der Waals surface area (Å²) in [5.41, 5.74) is 1.39. The van der Waals surface area contributed by atoms with Gasteiger partial charge in [0.2, 0.25) is 5.91 Å². The zero-order valence-corrected chi connectivity index (χ0v) is 15.7. The summed E-state index contributed by atoms with van der Waals surface area (Å²) in [6.07, 6.45) is 0. The molecule has 1 aliphatic heterocycles. The van der Waals surface area contributed by atoms with Crippen molar-refractivity contribution in [2.24, 2.45) is 0 Å². The normalized spacial score (nSPS) is 17.6. The van der Waals surface area contributed by atoms with Crippen LogP contribution in [0.1, 0.15) is 17.3 Å². The van der Waals surface area contributed by atoms with Gasteiger partial charge in [0.1, 0.15) is 11.8 Å². The summed E-state index contributed by atoms with van der Waals surface area (Å²) in [5.74, 6) is 0.476. The third-order valence-electron chi connectivity index (χ3n) is 4.37. The van der Waals surface area contributed by atoms with E-state index in [-0.39, 0.29) is 11.8 Å². The first-order valence-corrected chi connectivity index (χ1v) is 8.82. The molecule has 1 aliphatic rings. The van der Waals surface area contributed by atoms with Crippen molar-refractivity contribution in [2.75, 3.05) is 25.1 Å². The molecule has 0 spiro atoms. The van der Waals surface area contributed by atoms with Crippen LogP contribution in [-0.4, -0.2) is 43.0 Å². The summed E-state index contributed by atoms with van der Waals surface area (Å²) in [4.78, 5) is 28.9. The molecule has 1 fully saturated rings. The van der Waals surface area contributed by atoms with Crippen LogP contribution in [-0.2, 0) is 4.79 Å². The van der Waals surface area contributed by atoms with E-state index < -0.39 is 6.04 Å². The van der Waals surface area contributed by atoms with Crippen LogP contribution in [0, 0.1) is 0 Å². The van der Waals surface area contributed by atoms with E-state index in [1.807, 2.05) is 24.3 Å². The fourth-order valence-corrected chi connectivity index (χ4v) is 3.33. The summed E-state index contributed by atoms with van der Waals surface area (Å²) < 4.78 is 6.03. The number of nitrogens with zero attached hydrogens (tertiary/aromatic N) is 2. The second-order valence-electron chi connectivity index (χ2n) is 5.87. The maximum absolute atomic E-state index is 12.8. The molecule has 0 aliphatic carbocycles. The van der Waals surface area contributed by atoms with Crippen molar-refractivity contribution in [3.63, 3.8) is 0 Å². The van der Waals surface area contributed by atoms with Crippen molar-refractivity contribution in [1.82, 2.24) is 4.90 Å². The lowest BCUT2D eigenvalue weighted by molar-refractivity contribution is -0.124. The number of hydrogen-bond acceptors (Lipinski definition) is 3. The van der Waals surface area contributed by atoms with Crippen LogP contribution >= 0.6 is 15.9 Å². The Kier molecular flexibility index (Phi) is 5.08. The molecular weight excluding hydrogens is 384 g/mol. The molecule has 2 aromatic rings. The lowest BCUT2D eigenvalue weighted by atomic mass is 10.1. The van der Waals surface area contributed by atoms with Crippen LogP contribution in [0.3, 0.4) is 0 Å². The van der Waals surface area contributed by atoms with E-state index >= 15 is 0 Å². The predicted octanol–water partition coefficient (Wildman–Crippen LogP) is 3.34. The molecule has 0 radical (unpaired) electrons. The second kappa shape index (κ2) is 7.27. The molecule has 0 N–H and O–H groups in total. The highest BCUT2D eigenvalue weighted by atomic mass is 79.9. The Labute approximate surface area is 155 Å². The molecule has 2 aromatic carbocycles. The fourth-order valence-electron chi connectivity index (χ4n) is 2.95. The molecule has 1 heterocycles. The summed E-state index contributed by atoms with van der Waals surface area (Å²) in [7, 11) is 1.58. The average Bonchev–Trinajstić information content (AvgIpc) is 2.63. The highest BCUT2D eigenvalue weighted by Crippen LogP contribution is 2.25. The molecule has 0 unspecified atom stereocenters. The van der Waals surface area contributed by atoms with Gasteiger partial charge < -0.3 is 14.5 Å². The molecule has 0 bridgehead atoms. The molecule has 1 atom stereocenters.